The Labute approximate surface area is 108 Å². The van der Waals surface area contributed by atoms with Crippen molar-refractivity contribution in [2.24, 2.45) is 5.92 Å². The van der Waals surface area contributed by atoms with Crippen LogP contribution in [-0.4, -0.2) is 54.4 Å². The second-order valence-corrected chi connectivity index (χ2v) is 4.60. The third-order valence-corrected chi connectivity index (χ3v) is 2.75. The van der Waals surface area contributed by atoms with Crippen molar-refractivity contribution in [2.75, 3.05) is 20.3 Å². The maximum absolute atomic E-state index is 12.0. The van der Waals surface area contributed by atoms with Gasteiger partial charge in [-0.15, -0.1) is 0 Å². The fraction of sp³-hybridized carbons (Fsp3) is 0.833. The van der Waals surface area contributed by atoms with E-state index in [-0.39, 0.29) is 18.0 Å². The highest BCUT2D eigenvalue weighted by Crippen LogP contribution is 2.05. The number of carbonyl (C=O) groups is 2. The predicted molar refractivity (Wildman–Crippen MR) is 68.5 cm³/mol. The average molecular weight is 260 g/mol. The standard InChI is InChI=1S/C12H24N2O4/c1-6-14(9(4)7-18-5)12(17)13-10(8(2)3)11(15)16/h8-10H,6-7H2,1-5H3,(H,13,17)(H,15,16)/t9?,10-/m0/s1. The van der Waals surface area contributed by atoms with E-state index in [1.165, 1.54) is 0 Å². The highest BCUT2D eigenvalue weighted by atomic mass is 16.5. The minimum absolute atomic E-state index is 0.0957. The van der Waals surface area contributed by atoms with Crippen LogP contribution < -0.4 is 5.32 Å². The first kappa shape index (κ1) is 16.7. The molecule has 0 aliphatic carbocycles. The van der Waals surface area contributed by atoms with Crippen LogP contribution in [0.25, 0.3) is 0 Å². The Morgan fingerprint density at radius 1 is 1.33 bits per heavy atom. The quantitative estimate of drug-likeness (QED) is 0.720. The lowest BCUT2D eigenvalue weighted by Crippen LogP contribution is -2.53. The van der Waals surface area contributed by atoms with Crippen molar-refractivity contribution in [3.05, 3.63) is 0 Å². The molecule has 0 aromatic heterocycles. The third kappa shape index (κ3) is 4.91. The predicted octanol–water partition coefficient (Wildman–Crippen LogP) is 1.16. The maximum atomic E-state index is 12.0. The van der Waals surface area contributed by atoms with Gasteiger partial charge in [0.05, 0.1) is 12.6 Å². The third-order valence-electron chi connectivity index (χ3n) is 2.75. The molecule has 6 nitrogen and oxygen atoms in total. The van der Waals surface area contributed by atoms with E-state index in [4.69, 9.17) is 9.84 Å². The zero-order valence-electron chi connectivity index (χ0n) is 11.8. The number of carboxylic acids is 1. The van der Waals surface area contributed by atoms with Gasteiger partial charge in [-0.2, -0.15) is 0 Å². The van der Waals surface area contributed by atoms with Crippen LogP contribution in [0.15, 0.2) is 0 Å². The van der Waals surface area contributed by atoms with Gasteiger partial charge in [0.25, 0.3) is 0 Å². The minimum Gasteiger partial charge on any atom is -0.480 e. The zero-order chi connectivity index (χ0) is 14.3. The monoisotopic (exact) mass is 260 g/mol. The second-order valence-electron chi connectivity index (χ2n) is 4.60. The van der Waals surface area contributed by atoms with Gasteiger partial charge in [-0.3, -0.25) is 0 Å². The lowest BCUT2D eigenvalue weighted by atomic mass is 10.1. The molecule has 6 heteroatoms. The summed E-state index contributed by atoms with van der Waals surface area (Å²) in [4.78, 5) is 24.6. The molecule has 0 saturated heterocycles. The van der Waals surface area contributed by atoms with E-state index in [0.29, 0.717) is 13.2 Å². The molecule has 2 N–H and O–H groups in total. The summed E-state index contributed by atoms with van der Waals surface area (Å²) in [6.07, 6.45) is 0. The van der Waals surface area contributed by atoms with Crippen LogP contribution in [0.4, 0.5) is 4.79 Å². The van der Waals surface area contributed by atoms with Gasteiger partial charge in [-0.05, 0) is 19.8 Å². The molecule has 106 valence electrons. The molecule has 1 unspecified atom stereocenters. The lowest BCUT2D eigenvalue weighted by molar-refractivity contribution is -0.140. The van der Waals surface area contributed by atoms with Crippen LogP contribution in [0.5, 0.6) is 0 Å². The van der Waals surface area contributed by atoms with E-state index < -0.39 is 12.0 Å². The summed E-state index contributed by atoms with van der Waals surface area (Å²) in [5.74, 6) is -1.18. The van der Waals surface area contributed by atoms with Crippen molar-refractivity contribution in [1.82, 2.24) is 10.2 Å². The molecule has 0 fully saturated rings. The summed E-state index contributed by atoms with van der Waals surface area (Å²) in [6.45, 7) is 8.14. The first-order chi connectivity index (χ1) is 8.34. The fourth-order valence-electron chi connectivity index (χ4n) is 1.72. The number of nitrogens with one attached hydrogen (secondary N) is 1. The van der Waals surface area contributed by atoms with Crippen LogP contribution in [-0.2, 0) is 9.53 Å². The molecule has 2 atom stereocenters. The lowest BCUT2D eigenvalue weighted by Gasteiger charge is -2.30. The van der Waals surface area contributed by atoms with E-state index in [2.05, 4.69) is 5.32 Å². The Hall–Kier alpha value is -1.30. The van der Waals surface area contributed by atoms with Crippen molar-refractivity contribution in [1.29, 1.82) is 0 Å². The number of nitrogens with zero attached hydrogens (tertiary/aromatic N) is 1. The molecule has 0 aliphatic heterocycles. The van der Waals surface area contributed by atoms with E-state index >= 15 is 0 Å². The largest absolute Gasteiger partial charge is 0.480 e. The second kappa shape index (κ2) is 7.92. The highest BCUT2D eigenvalue weighted by Gasteiger charge is 2.27. The fourth-order valence-corrected chi connectivity index (χ4v) is 1.72. The number of urea groups is 1. The highest BCUT2D eigenvalue weighted by molar-refractivity contribution is 5.82. The van der Waals surface area contributed by atoms with Crippen LogP contribution >= 0.6 is 0 Å². The topological polar surface area (TPSA) is 78.9 Å². The first-order valence-electron chi connectivity index (χ1n) is 6.13. The van der Waals surface area contributed by atoms with Gasteiger partial charge < -0.3 is 20.1 Å². The van der Waals surface area contributed by atoms with Gasteiger partial charge in [0.2, 0.25) is 0 Å². The number of methoxy groups -OCH3 is 1. The first-order valence-corrected chi connectivity index (χ1v) is 6.13. The van der Waals surface area contributed by atoms with Crippen molar-refractivity contribution in [3.8, 4) is 0 Å². The molecule has 0 rings (SSSR count). The number of rotatable bonds is 7. The number of hydrogen-bond donors (Lipinski definition) is 2. The SMILES string of the molecule is CCN(C(=O)N[C@H](C(=O)O)C(C)C)C(C)COC. The molecule has 0 saturated carbocycles. The van der Waals surface area contributed by atoms with Gasteiger partial charge in [-0.1, -0.05) is 13.8 Å². The molecule has 0 aromatic rings. The zero-order valence-corrected chi connectivity index (χ0v) is 11.8. The molecule has 0 radical (unpaired) electrons. The molecular formula is C12H24N2O4. The van der Waals surface area contributed by atoms with E-state index in [9.17, 15) is 9.59 Å². The Bertz CT molecular complexity index is 281. The number of aliphatic carboxylic acids is 1. The van der Waals surface area contributed by atoms with E-state index in [1.807, 2.05) is 13.8 Å². The van der Waals surface area contributed by atoms with Crippen molar-refractivity contribution in [3.63, 3.8) is 0 Å². The number of ether oxygens (including phenoxy) is 1. The number of amides is 2. The van der Waals surface area contributed by atoms with Crippen molar-refractivity contribution < 1.29 is 19.4 Å². The molecule has 0 aliphatic rings. The van der Waals surface area contributed by atoms with Gasteiger partial charge in [0, 0.05) is 13.7 Å². The maximum Gasteiger partial charge on any atom is 0.326 e. The normalized spacial score (nSPS) is 14.1. The van der Waals surface area contributed by atoms with E-state index in [1.54, 1.807) is 25.9 Å². The number of likely N-dealkylation sites (N-methyl/N-ethyl adjacent to an activating group) is 1. The van der Waals surface area contributed by atoms with Gasteiger partial charge in [0.15, 0.2) is 0 Å². The summed E-state index contributed by atoms with van der Waals surface area (Å²) < 4.78 is 5.00. The number of carboxylic acid groups (broad SMARTS) is 1. The molecule has 2 amide bonds. The molecule has 0 spiro atoms. The summed E-state index contributed by atoms with van der Waals surface area (Å²) >= 11 is 0. The molecule has 18 heavy (non-hydrogen) atoms. The van der Waals surface area contributed by atoms with Crippen LogP contribution in [0.2, 0.25) is 0 Å². The summed E-state index contributed by atoms with van der Waals surface area (Å²) in [5, 5.41) is 11.6. The summed E-state index contributed by atoms with van der Waals surface area (Å²) in [6, 6.07) is -1.34. The van der Waals surface area contributed by atoms with Gasteiger partial charge in [-0.25, -0.2) is 9.59 Å². The van der Waals surface area contributed by atoms with Crippen LogP contribution in [0.1, 0.15) is 27.7 Å². The Morgan fingerprint density at radius 2 is 1.89 bits per heavy atom. The van der Waals surface area contributed by atoms with Crippen LogP contribution in [0.3, 0.4) is 0 Å². The summed E-state index contributed by atoms with van der Waals surface area (Å²) in [5.41, 5.74) is 0. The Balaban J connectivity index is 4.64. The Kier molecular flexibility index (Phi) is 7.35. The van der Waals surface area contributed by atoms with Crippen LogP contribution in [0, 0.1) is 5.92 Å². The molecule has 0 heterocycles. The summed E-state index contributed by atoms with van der Waals surface area (Å²) in [7, 11) is 1.57. The average Bonchev–Trinajstić information content (AvgIpc) is 2.26. The van der Waals surface area contributed by atoms with Gasteiger partial charge >= 0.3 is 12.0 Å². The van der Waals surface area contributed by atoms with E-state index in [0.717, 1.165) is 0 Å². The molecule has 0 bridgehead atoms. The number of carbonyl (C=O) groups excluding carboxylic acids is 1. The Morgan fingerprint density at radius 3 is 2.22 bits per heavy atom. The van der Waals surface area contributed by atoms with Crippen molar-refractivity contribution in [2.45, 2.75) is 39.8 Å². The van der Waals surface area contributed by atoms with Crippen molar-refractivity contribution >= 4 is 12.0 Å². The minimum atomic E-state index is -1.02. The van der Waals surface area contributed by atoms with Gasteiger partial charge in [0.1, 0.15) is 6.04 Å². The molecular weight excluding hydrogens is 236 g/mol. The number of hydrogen-bond acceptors (Lipinski definition) is 3. The molecule has 0 aromatic carbocycles. The smallest absolute Gasteiger partial charge is 0.326 e.